The van der Waals surface area contributed by atoms with E-state index >= 15 is 0 Å². The molecule has 1 unspecified atom stereocenters. The van der Waals surface area contributed by atoms with Gasteiger partial charge < -0.3 is 20.2 Å². The Bertz CT molecular complexity index is 348. The number of rotatable bonds is 5. The van der Waals surface area contributed by atoms with E-state index in [1.807, 2.05) is 0 Å². The largest absolute Gasteiger partial charge is 0.481 e. The zero-order chi connectivity index (χ0) is 12.0. The Kier molecular flexibility index (Phi) is 4.38. The van der Waals surface area contributed by atoms with Crippen molar-refractivity contribution < 1.29 is 19.1 Å². The van der Waals surface area contributed by atoms with Crippen molar-refractivity contribution in [1.82, 2.24) is 10.6 Å². The minimum atomic E-state index is -0.942. The number of hydrogen-bond donors (Lipinski definition) is 3. The van der Waals surface area contributed by atoms with Gasteiger partial charge in [-0.15, -0.1) is 0 Å². The molecule has 0 aliphatic heterocycles. The minimum Gasteiger partial charge on any atom is -0.481 e. The minimum absolute atomic E-state index is 0.0981. The zero-order valence-electron chi connectivity index (χ0n) is 8.90. The number of nitrogens with one attached hydrogen (secondary N) is 2. The first-order valence-electron chi connectivity index (χ1n) is 4.85. The van der Waals surface area contributed by atoms with Crippen molar-refractivity contribution in [3.63, 3.8) is 0 Å². The van der Waals surface area contributed by atoms with E-state index in [2.05, 4.69) is 10.6 Å². The van der Waals surface area contributed by atoms with Crippen LogP contribution in [0.4, 0.5) is 4.79 Å². The first kappa shape index (κ1) is 12.1. The topological polar surface area (TPSA) is 91.6 Å². The van der Waals surface area contributed by atoms with Gasteiger partial charge in [-0.25, -0.2) is 4.79 Å². The SMILES string of the molecule is CC(CC(=O)O)NC(=O)NCc1ccoc1. The van der Waals surface area contributed by atoms with Gasteiger partial charge in [-0.3, -0.25) is 4.79 Å². The average Bonchev–Trinajstić information content (AvgIpc) is 2.65. The Hall–Kier alpha value is -1.98. The van der Waals surface area contributed by atoms with Crippen molar-refractivity contribution in [1.29, 1.82) is 0 Å². The number of carboxylic acid groups (broad SMARTS) is 1. The Morgan fingerprint density at radius 2 is 2.31 bits per heavy atom. The number of amides is 2. The van der Waals surface area contributed by atoms with Crippen molar-refractivity contribution in [2.75, 3.05) is 0 Å². The van der Waals surface area contributed by atoms with Gasteiger partial charge in [-0.1, -0.05) is 0 Å². The molecule has 1 heterocycles. The number of carbonyl (C=O) groups excluding carboxylic acids is 1. The molecule has 3 N–H and O–H groups in total. The van der Waals surface area contributed by atoms with Gasteiger partial charge in [0, 0.05) is 18.2 Å². The van der Waals surface area contributed by atoms with Gasteiger partial charge in [0.25, 0.3) is 0 Å². The molecule has 0 aliphatic carbocycles. The van der Waals surface area contributed by atoms with Crippen LogP contribution >= 0.6 is 0 Å². The second kappa shape index (κ2) is 5.79. The average molecular weight is 226 g/mol. The van der Waals surface area contributed by atoms with E-state index in [0.717, 1.165) is 5.56 Å². The highest BCUT2D eigenvalue weighted by atomic mass is 16.4. The third-order valence-electron chi connectivity index (χ3n) is 1.89. The second-order valence-corrected chi connectivity index (χ2v) is 3.46. The molecule has 1 rings (SSSR count). The van der Waals surface area contributed by atoms with E-state index in [-0.39, 0.29) is 6.42 Å². The maximum Gasteiger partial charge on any atom is 0.315 e. The van der Waals surface area contributed by atoms with Gasteiger partial charge in [0.15, 0.2) is 0 Å². The standard InChI is InChI=1S/C10H14N2O4/c1-7(4-9(13)14)12-10(15)11-5-8-2-3-16-6-8/h2-3,6-7H,4-5H2,1H3,(H,13,14)(H2,11,12,15). The summed E-state index contributed by atoms with van der Waals surface area (Å²) in [6.07, 6.45) is 2.95. The fourth-order valence-electron chi connectivity index (χ4n) is 1.16. The molecule has 2 amide bonds. The molecule has 0 radical (unpaired) electrons. The molecule has 0 aromatic carbocycles. The number of furan rings is 1. The molecule has 6 nitrogen and oxygen atoms in total. The van der Waals surface area contributed by atoms with Crippen LogP contribution in [0.2, 0.25) is 0 Å². The molecule has 0 aliphatic rings. The van der Waals surface area contributed by atoms with Crippen LogP contribution in [0.15, 0.2) is 23.0 Å². The van der Waals surface area contributed by atoms with E-state index in [0.29, 0.717) is 6.54 Å². The van der Waals surface area contributed by atoms with Crippen LogP contribution in [0.3, 0.4) is 0 Å². The summed E-state index contributed by atoms with van der Waals surface area (Å²) >= 11 is 0. The van der Waals surface area contributed by atoms with Gasteiger partial charge in [0.1, 0.15) is 0 Å². The smallest absolute Gasteiger partial charge is 0.315 e. The first-order chi connectivity index (χ1) is 7.58. The molecule has 0 saturated carbocycles. The van der Waals surface area contributed by atoms with E-state index < -0.39 is 18.0 Å². The van der Waals surface area contributed by atoms with Crippen molar-refractivity contribution in [3.8, 4) is 0 Å². The fraction of sp³-hybridized carbons (Fsp3) is 0.400. The molecule has 1 aromatic rings. The Labute approximate surface area is 92.6 Å². The number of aliphatic carboxylic acids is 1. The molecule has 0 spiro atoms. The lowest BCUT2D eigenvalue weighted by Crippen LogP contribution is -2.41. The zero-order valence-corrected chi connectivity index (χ0v) is 8.90. The molecular weight excluding hydrogens is 212 g/mol. The second-order valence-electron chi connectivity index (χ2n) is 3.46. The normalized spacial score (nSPS) is 11.8. The summed E-state index contributed by atoms with van der Waals surface area (Å²) in [4.78, 5) is 21.6. The van der Waals surface area contributed by atoms with Gasteiger partial charge in [-0.05, 0) is 13.0 Å². The lowest BCUT2D eigenvalue weighted by atomic mass is 10.2. The lowest BCUT2D eigenvalue weighted by molar-refractivity contribution is -0.137. The van der Waals surface area contributed by atoms with Gasteiger partial charge in [0.2, 0.25) is 0 Å². The maximum atomic E-state index is 11.3. The lowest BCUT2D eigenvalue weighted by Gasteiger charge is -2.11. The summed E-state index contributed by atoms with van der Waals surface area (Å²) < 4.78 is 4.83. The third-order valence-corrected chi connectivity index (χ3v) is 1.89. The molecule has 0 saturated heterocycles. The van der Waals surface area contributed by atoms with Crippen molar-refractivity contribution in [2.45, 2.75) is 25.9 Å². The van der Waals surface area contributed by atoms with E-state index in [4.69, 9.17) is 9.52 Å². The van der Waals surface area contributed by atoms with Crippen molar-refractivity contribution in [2.24, 2.45) is 0 Å². The fourth-order valence-corrected chi connectivity index (χ4v) is 1.16. The molecular formula is C10H14N2O4. The van der Waals surface area contributed by atoms with Crippen LogP contribution < -0.4 is 10.6 Å². The summed E-state index contributed by atoms with van der Waals surface area (Å²) in [6.45, 7) is 1.98. The summed E-state index contributed by atoms with van der Waals surface area (Å²) in [5.74, 6) is -0.942. The number of hydrogen-bond acceptors (Lipinski definition) is 3. The van der Waals surface area contributed by atoms with Crippen LogP contribution in [0, 0.1) is 0 Å². The summed E-state index contributed by atoms with van der Waals surface area (Å²) in [5.41, 5.74) is 0.848. The molecule has 0 bridgehead atoms. The van der Waals surface area contributed by atoms with Crippen LogP contribution in [-0.4, -0.2) is 23.1 Å². The number of carbonyl (C=O) groups is 2. The Balaban J connectivity index is 2.23. The van der Waals surface area contributed by atoms with Gasteiger partial charge in [-0.2, -0.15) is 0 Å². The summed E-state index contributed by atoms with van der Waals surface area (Å²) in [7, 11) is 0. The summed E-state index contributed by atoms with van der Waals surface area (Å²) in [6, 6.07) is 0.942. The Morgan fingerprint density at radius 3 is 2.88 bits per heavy atom. The first-order valence-corrected chi connectivity index (χ1v) is 4.85. The van der Waals surface area contributed by atoms with Gasteiger partial charge in [0.05, 0.1) is 18.9 Å². The molecule has 6 heteroatoms. The maximum absolute atomic E-state index is 11.3. The molecule has 0 fully saturated rings. The van der Waals surface area contributed by atoms with Crippen molar-refractivity contribution in [3.05, 3.63) is 24.2 Å². The quantitative estimate of drug-likeness (QED) is 0.696. The van der Waals surface area contributed by atoms with Gasteiger partial charge >= 0.3 is 12.0 Å². The van der Waals surface area contributed by atoms with E-state index in [1.54, 1.807) is 13.0 Å². The predicted octanol–water partition coefficient (Wildman–Crippen LogP) is 0.942. The monoisotopic (exact) mass is 226 g/mol. The molecule has 16 heavy (non-hydrogen) atoms. The van der Waals surface area contributed by atoms with E-state index in [1.165, 1.54) is 12.5 Å². The van der Waals surface area contributed by atoms with Crippen LogP contribution in [0.5, 0.6) is 0 Å². The highest BCUT2D eigenvalue weighted by molar-refractivity contribution is 5.75. The Morgan fingerprint density at radius 1 is 1.56 bits per heavy atom. The summed E-state index contributed by atoms with van der Waals surface area (Å²) in [5, 5.41) is 13.6. The molecule has 88 valence electrons. The predicted molar refractivity (Wildman–Crippen MR) is 55.8 cm³/mol. The molecule has 1 aromatic heterocycles. The van der Waals surface area contributed by atoms with Crippen molar-refractivity contribution >= 4 is 12.0 Å². The van der Waals surface area contributed by atoms with E-state index in [9.17, 15) is 9.59 Å². The third kappa shape index (κ3) is 4.50. The molecule has 1 atom stereocenters. The van der Waals surface area contributed by atoms with Crippen LogP contribution in [0.1, 0.15) is 18.9 Å². The number of carboxylic acids is 1. The highest BCUT2D eigenvalue weighted by Gasteiger charge is 2.10. The number of urea groups is 1. The van der Waals surface area contributed by atoms with Crippen LogP contribution in [-0.2, 0) is 11.3 Å². The van der Waals surface area contributed by atoms with Crippen LogP contribution in [0.25, 0.3) is 0 Å². The highest BCUT2D eigenvalue weighted by Crippen LogP contribution is 1.98.